The van der Waals surface area contributed by atoms with Crippen LogP contribution < -0.4 is 9.64 Å². The number of hydrogen-bond acceptors (Lipinski definition) is 4. The van der Waals surface area contributed by atoms with Crippen molar-refractivity contribution in [2.75, 3.05) is 18.1 Å². The highest BCUT2D eigenvalue weighted by molar-refractivity contribution is 5.93. The first kappa shape index (κ1) is 18.1. The number of anilines is 1. The summed E-state index contributed by atoms with van der Waals surface area (Å²) >= 11 is 0. The standard InChI is InChI=1S/C19H16F3N3O3/c20-13-7-11(1-4-17(13)27-6-5-18(21)22)16-9-28-19(26)25(16)12-2-3-14-15(8-12)24-10-23-14/h1-4,7-8,10,16,18H,5-6,9H2,(H,23,24)/t16-/m1/s1. The number of aromatic nitrogens is 2. The van der Waals surface area contributed by atoms with Gasteiger partial charge in [0.1, 0.15) is 6.61 Å². The fourth-order valence-corrected chi connectivity index (χ4v) is 3.12. The quantitative estimate of drug-likeness (QED) is 0.675. The van der Waals surface area contributed by atoms with Gasteiger partial charge < -0.3 is 14.5 Å². The van der Waals surface area contributed by atoms with Gasteiger partial charge in [0.05, 0.1) is 35.7 Å². The van der Waals surface area contributed by atoms with Crippen molar-refractivity contribution in [3.05, 3.63) is 54.1 Å². The Hall–Kier alpha value is -3.23. The van der Waals surface area contributed by atoms with Gasteiger partial charge in [0.15, 0.2) is 11.6 Å². The molecule has 0 saturated carbocycles. The summed E-state index contributed by atoms with van der Waals surface area (Å²) in [5.74, 6) is -0.798. The molecule has 0 radical (unpaired) electrons. The summed E-state index contributed by atoms with van der Waals surface area (Å²) in [6.07, 6.45) is -1.98. The molecule has 2 heterocycles. The Morgan fingerprint density at radius 3 is 2.93 bits per heavy atom. The lowest BCUT2D eigenvalue weighted by molar-refractivity contribution is 0.113. The van der Waals surface area contributed by atoms with Crippen molar-refractivity contribution in [1.29, 1.82) is 0 Å². The molecule has 1 saturated heterocycles. The van der Waals surface area contributed by atoms with Crippen molar-refractivity contribution in [1.82, 2.24) is 9.97 Å². The molecule has 0 aliphatic carbocycles. The van der Waals surface area contributed by atoms with Crippen molar-refractivity contribution < 1.29 is 27.4 Å². The number of alkyl halides is 2. The van der Waals surface area contributed by atoms with Gasteiger partial charge in [-0.3, -0.25) is 4.90 Å². The molecule has 4 rings (SSSR count). The Morgan fingerprint density at radius 2 is 2.14 bits per heavy atom. The van der Waals surface area contributed by atoms with Crippen LogP contribution in [0.2, 0.25) is 0 Å². The molecule has 28 heavy (non-hydrogen) atoms. The van der Waals surface area contributed by atoms with Crippen LogP contribution in [0, 0.1) is 5.82 Å². The predicted octanol–water partition coefficient (Wildman–Crippen LogP) is 4.43. The number of amides is 1. The zero-order chi connectivity index (χ0) is 19.7. The van der Waals surface area contributed by atoms with Gasteiger partial charge in [-0.1, -0.05) is 6.07 Å². The number of cyclic esters (lactones) is 1. The molecule has 0 unspecified atom stereocenters. The zero-order valence-electron chi connectivity index (χ0n) is 14.6. The number of ether oxygens (including phenoxy) is 2. The first-order valence-corrected chi connectivity index (χ1v) is 8.62. The Balaban J connectivity index is 1.58. The second kappa shape index (κ2) is 7.41. The largest absolute Gasteiger partial charge is 0.490 e. The van der Waals surface area contributed by atoms with Crippen molar-refractivity contribution in [2.45, 2.75) is 18.9 Å². The highest BCUT2D eigenvalue weighted by Crippen LogP contribution is 2.35. The van der Waals surface area contributed by atoms with Crippen LogP contribution in [0.4, 0.5) is 23.7 Å². The number of imidazole rings is 1. The monoisotopic (exact) mass is 391 g/mol. The van der Waals surface area contributed by atoms with Crippen LogP contribution in [0.25, 0.3) is 11.0 Å². The summed E-state index contributed by atoms with van der Waals surface area (Å²) in [6, 6.07) is 8.93. The fraction of sp³-hybridized carbons (Fsp3) is 0.263. The Bertz CT molecular complexity index is 1010. The fourth-order valence-electron chi connectivity index (χ4n) is 3.12. The van der Waals surface area contributed by atoms with Crippen molar-refractivity contribution in [3.8, 4) is 5.75 Å². The van der Waals surface area contributed by atoms with Gasteiger partial charge >= 0.3 is 6.09 Å². The average molecular weight is 391 g/mol. The number of nitrogens with one attached hydrogen (secondary N) is 1. The summed E-state index contributed by atoms with van der Waals surface area (Å²) in [5.41, 5.74) is 2.59. The summed E-state index contributed by atoms with van der Waals surface area (Å²) in [5, 5.41) is 0. The Kier molecular flexibility index (Phi) is 4.81. The molecule has 0 bridgehead atoms. The number of hydrogen-bond donors (Lipinski definition) is 1. The van der Waals surface area contributed by atoms with Gasteiger partial charge in [-0.25, -0.2) is 22.9 Å². The first-order valence-electron chi connectivity index (χ1n) is 8.62. The minimum atomic E-state index is -2.51. The average Bonchev–Trinajstić information content (AvgIpc) is 3.28. The third-order valence-corrected chi connectivity index (χ3v) is 4.49. The number of aromatic amines is 1. The zero-order valence-corrected chi connectivity index (χ0v) is 14.6. The maximum atomic E-state index is 14.4. The molecule has 1 aromatic heterocycles. The number of benzene rings is 2. The topological polar surface area (TPSA) is 67.5 Å². The number of fused-ring (bicyclic) bond motifs is 1. The van der Waals surface area contributed by atoms with E-state index in [1.165, 1.54) is 17.0 Å². The van der Waals surface area contributed by atoms with Crippen LogP contribution in [-0.2, 0) is 4.74 Å². The van der Waals surface area contributed by atoms with E-state index in [2.05, 4.69) is 9.97 Å². The van der Waals surface area contributed by atoms with E-state index in [9.17, 15) is 18.0 Å². The van der Waals surface area contributed by atoms with Gasteiger partial charge in [-0.2, -0.15) is 0 Å². The van der Waals surface area contributed by atoms with Crippen molar-refractivity contribution in [2.24, 2.45) is 0 Å². The van der Waals surface area contributed by atoms with E-state index >= 15 is 0 Å². The molecular weight excluding hydrogens is 375 g/mol. The number of carbonyl (C=O) groups is 1. The van der Waals surface area contributed by atoms with E-state index in [1.807, 2.05) is 0 Å². The Labute approximate surface area is 157 Å². The molecular formula is C19H16F3N3O3. The molecule has 3 aromatic rings. The van der Waals surface area contributed by atoms with E-state index in [0.29, 0.717) is 16.8 Å². The summed E-state index contributed by atoms with van der Waals surface area (Å²) < 4.78 is 49.0. The minimum absolute atomic E-state index is 0.0580. The van der Waals surface area contributed by atoms with E-state index < -0.39 is 30.8 Å². The van der Waals surface area contributed by atoms with Gasteiger partial charge in [-0.15, -0.1) is 0 Å². The second-order valence-electron chi connectivity index (χ2n) is 6.28. The van der Waals surface area contributed by atoms with E-state index in [-0.39, 0.29) is 19.0 Å². The number of halogens is 3. The van der Waals surface area contributed by atoms with Gasteiger partial charge in [0.2, 0.25) is 6.43 Å². The first-order chi connectivity index (χ1) is 13.5. The lowest BCUT2D eigenvalue weighted by Crippen LogP contribution is -2.27. The third kappa shape index (κ3) is 3.47. The summed E-state index contributed by atoms with van der Waals surface area (Å²) in [4.78, 5) is 20.9. The van der Waals surface area contributed by atoms with Crippen LogP contribution in [0.3, 0.4) is 0 Å². The highest BCUT2D eigenvalue weighted by atomic mass is 19.3. The molecule has 146 valence electrons. The van der Waals surface area contributed by atoms with Crippen molar-refractivity contribution in [3.63, 3.8) is 0 Å². The van der Waals surface area contributed by atoms with Crippen LogP contribution in [0.15, 0.2) is 42.7 Å². The number of H-pyrrole nitrogens is 1. The van der Waals surface area contributed by atoms with Crippen LogP contribution in [-0.4, -0.2) is 35.7 Å². The molecule has 1 aliphatic heterocycles. The summed E-state index contributed by atoms with van der Waals surface area (Å²) in [6.45, 7) is -0.225. The summed E-state index contributed by atoms with van der Waals surface area (Å²) in [7, 11) is 0. The highest BCUT2D eigenvalue weighted by Gasteiger charge is 2.36. The minimum Gasteiger partial charge on any atom is -0.490 e. The molecule has 1 aliphatic rings. The maximum absolute atomic E-state index is 14.4. The number of rotatable bonds is 6. The van der Waals surface area contributed by atoms with Crippen molar-refractivity contribution >= 4 is 22.8 Å². The van der Waals surface area contributed by atoms with Gasteiger partial charge in [0.25, 0.3) is 0 Å². The lowest BCUT2D eigenvalue weighted by atomic mass is 10.1. The van der Waals surface area contributed by atoms with Gasteiger partial charge in [0, 0.05) is 6.42 Å². The van der Waals surface area contributed by atoms with E-state index in [4.69, 9.17) is 9.47 Å². The maximum Gasteiger partial charge on any atom is 0.415 e. The second-order valence-corrected chi connectivity index (χ2v) is 6.28. The number of carbonyl (C=O) groups excluding carboxylic acids is 1. The number of nitrogens with zero attached hydrogens (tertiary/aromatic N) is 2. The van der Waals surface area contributed by atoms with Crippen LogP contribution in [0.1, 0.15) is 18.0 Å². The predicted molar refractivity (Wildman–Crippen MR) is 95.2 cm³/mol. The van der Waals surface area contributed by atoms with E-state index in [1.54, 1.807) is 30.6 Å². The molecule has 1 fully saturated rings. The molecule has 2 aromatic carbocycles. The Morgan fingerprint density at radius 1 is 1.29 bits per heavy atom. The smallest absolute Gasteiger partial charge is 0.415 e. The van der Waals surface area contributed by atoms with E-state index in [0.717, 1.165) is 5.52 Å². The van der Waals surface area contributed by atoms with Crippen LogP contribution in [0.5, 0.6) is 5.75 Å². The lowest BCUT2D eigenvalue weighted by Gasteiger charge is -2.22. The van der Waals surface area contributed by atoms with Crippen LogP contribution >= 0.6 is 0 Å². The van der Waals surface area contributed by atoms with Gasteiger partial charge in [-0.05, 0) is 35.9 Å². The third-order valence-electron chi connectivity index (χ3n) is 4.49. The molecule has 6 nitrogen and oxygen atoms in total. The normalized spacial score (nSPS) is 16.8. The molecule has 0 spiro atoms. The SMILES string of the molecule is O=C1OC[C@H](c2ccc(OCCC(F)F)c(F)c2)N1c1ccc2[nH]cnc2c1. The molecule has 9 heteroatoms. The molecule has 1 N–H and O–H groups in total. The molecule has 1 amide bonds. The molecule has 1 atom stereocenters.